The molecule has 1 heterocycles. The quantitative estimate of drug-likeness (QED) is 0.220. The monoisotopic (exact) mass is 692 g/mol. The molecule has 0 aliphatic carbocycles. The Morgan fingerprint density at radius 1 is 0.922 bits per heavy atom. The minimum atomic E-state index is -1.18. The molecule has 0 fully saturated rings. The minimum absolute atomic E-state index is 0.0669. The van der Waals surface area contributed by atoms with Crippen molar-refractivity contribution >= 4 is 51.9 Å². The summed E-state index contributed by atoms with van der Waals surface area (Å²) in [5.74, 6) is -1.81. The Morgan fingerprint density at radius 2 is 1.57 bits per heavy atom. The van der Waals surface area contributed by atoms with Crippen LogP contribution in [0.3, 0.4) is 0 Å². The van der Waals surface area contributed by atoms with Crippen molar-refractivity contribution in [2.45, 2.75) is 72.4 Å². The van der Waals surface area contributed by atoms with E-state index in [0.717, 1.165) is 21.9 Å². The number of hydrogen-bond acceptors (Lipinski definition) is 7. The Hall–Kier alpha value is -5.71. The van der Waals surface area contributed by atoms with Crippen LogP contribution in [-0.2, 0) is 37.0 Å². The summed E-state index contributed by atoms with van der Waals surface area (Å²) in [6.07, 6.45) is -0.688. The second-order valence-corrected chi connectivity index (χ2v) is 13.7. The number of likely N-dealkylation sites (N-methyl/N-ethyl adjacent to an activating group) is 1. The van der Waals surface area contributed by atoms with Crippen LogP contribution in [0.1, 0.15) is 61.7 Å². The van der Waals surface area contributed by atoms with Gasteiger partial charge in [0.2, 0.25) is 5.91 Å². The molecule has 0 aromatic heterocycles. The van der Waals surface area contributed by atoms with Crippen molar-refractivity contribution in [3.63, 3.8) is 0 Å². The number of anilines is 2. The second-order valence-electron chi connectivity index (χ2n) is 13.7. The van der Waals surface area contributed by atoms with E-state index in [0.29, 0.717) is 22.5 Å². The molecule has 4 aromatic carbocycles. The van der Waals surface area contributed by atoms with Gasteiger partial charge in [0.25, 0.3) is 11.8 Å². The highest BCUT2D eigenvalue weighted by Crippen LogP contribution is 2.36. The number of carbonyl (C=O) groups excluding carboxylic acids is 5. The maximum absolute atomic E-state index is 14.7. The molecule has 11 nitrogen and oxygen atoms in total. The molecular weight excluding hydrogens is 648 g/mol. The van der Waals surface area contributed by atoms with Crippen molar-refractivity contribution in [1.82, 2.24) is 10.2 Å². The lowest BCUT2D eigenvalue weighted by Gasteiger charge is -2.30. The normalized spacial score (nSPS) is 15.0. The predicted octanol–water partition coefficient (Wildman–Crippen LogP) is 6.15. The van der Waals surface area contributed by atoms with Gasteiger partial charge < -0.3 is 24.6 Å². The highest BCUT2D eigenvalue weighted by Gasteiger charge is 2.39. The SMILES string of the molecule is CC(=O)OCc1ccc(C(=O)N2C[C@H](NC(=O)[C@H](C)N(C)C(=O)OC(C)(C)C)C(=O)N(Cc3c(C)ccc4ccccc34)c3ccccc32)cc1. The van der Waals surface area contributed by atoms with E-state index in [9.17, 15) is 24.0 Å². The molecule has 1 N–H and O–H groups in total. The number of nitrogens with zero attached hydrogens (tertiary/aromatic N) is 3. The zero-order valence-electron chi connectivity index (χ0n) is 30.1. The van der Waals surface area contributed by atoms with Crippen molar-refractivity contribution in [1.29, 1.82) is 0 Å². The maximum atomic E-state index is 14.7. The minimum Gasteiger partial charge on any atom is -0.461 e. The van der Waals surface area contributed by atoms with E-state index < -0.39 is 47.5 Å². The number of rotatable bonds is 8. The summed E-state index contributed by atoms with van der Waals surface area (Å²) in [7, 11) is 1.46. The van der Waals surface area contributed by atoms with Gasteiger partial charge in [-0.1, -0.05) is 60.7 Å². The Balaban J connectivity index is 1.54. The van der Waals surface area contributed by atoms with Crippen molar-refractivity contribution in [3.05, 3.63) is 107 Å². The van der Waals surface area contributed by atoms with Gasteiger partial charge in [0.1, 0.15) is 24.3 Å². The smallest absolute Gasteiger partial charge is 0.410 e. The van der Waals surface area contributed by atoms with Gasteiger partial charge in [-0.15, -0.1) is 0 Å². The van der Waals surface area contributed by atoms with Gasteiger partial charge in [-0.3, -0.25) is 24.1 Å². The number of amides is 4. The van der Waals surface area contributed by atoms with Crippen molar-refractivity contribution < 1.29 is 33.4 Å². The van der Waals surface area contributed by atoms with Gasteiger partial charge in [-0.05, 0) is 86.3 Å². The average molecular weight is 693 g/mol. The molecule has 1 aliphatic heterocycles. The van der Waals surface area contributed by atoms with E-state index >= 15 is 0 Å². The van der Waals surface area contributed by atoms with Crippen LogP contribution in [-0.4, -0.2) is 66.0 Å². The highest BCUT2D eigenvalue weighted by atomic mass is 16.6. The maximum Gasteiger partial charge on any atom is 0.410 e. The molecular formula is C40H44N4O7. The van der Waals surface area contributed by atoms with E-state index in [2.05, 4.69) is 5.32 Å². The lowest BCUT2D eigenvalue weighted by molar-refractivity contribution is -0.142. The molecule has 0 saturated heterocycles. The summed E-state index contributed by atoms with van der Waals surface area (Å²) in [6, 6.07) is 23.7. The third-order valence-electron chi connectivity index (χ3n) is 8.83. The van der Waals surface area contributed by atoms with Gasteiger partial charge in [-0.25, -0.2) is 4.79 Å². The van der Waals surface area contributed by atoms with Crippen LogP contribution in [0.2, 0.25) is 0 Å². The first-order valence-corrected chi connectivity index (χ1v) is 16.8. The topological polar surface area (TPSA) is 126 Å². The summed E-state index contributed by atoms with van der Waals surface area (Å²) >= 11 is 0. The molecule has 0 spiro atoms. The Labute approximate surface area is 298 Å². The molecule has 1 aliphatic rings. The predicted molar refractivity (Wildman–Crippen MR) is 195 cm³/mol. The van der Waals surface area contributed by atoms with Crippen LogP contribution in [0, 0.1) is 6.92 Å². The number of fused-ring (bicyclic) bond motifs is 2. The summed E-state index contributed by atoms with van der Waals surface area (Å²) in [5, 5.41) is 4.87. The van der Waals surface area contributed by atoms with Crippen LogP contribution in [0.4, 0.5) is 16.2 Å². The first kappa shape index (κ1) is 36.6. The zero-order chi connectivity index (χ0) is 37.0. The third kappa shape index (κ3) is 8.37. The lowest BCUT2D eigenvalue weighted by atomic mass is 9.99. The van der Waals surface area contributed by atoms with Gasteiger partial charge in [0, 0.05) is 19.5 Å². The lowest BCUT2D eigenvalue weighted by Crippen LogP contribution is -2.57. The molecule has 2 atom stereocenters. The van der Waals surface area contributed by atoms with Crippen LogP contribution in [0.15, 0.2) is 84.9 Å². The Kier molecular flexibility index (Phi) is 10.8. The Morgan fingerprint density at radius 3 is 2.24 bits per heavy atom. The van der Waals surface area contributed by atoms with Crippen molar-refractivity contribution in [2.75, 3.05) is 23.4 Å². The summed E-state index contributed by atoms with van der Waals surface area (Å²) < 4.78 is 10.6. The van der Waals surface area contributed by atoms with Crippen LogP contribution >= 0.6 is 0 Å². The van der Waals surface area contributed by atoms with E-state index in [-0.39, 0.29) is 19.7 Å². The molecule has 4 aromatic rings. The first-order chi connectivity index (χ1) is 24.1. The van der Waals surface area contributed by atoms with Crippen molar-refractivity contribution in [2.24, 2.45) is 0 Å². The van der Waals surface area contributed by atoms with Crippen molar-refractivity contribution in [3.8, 4) is 0 Å². The number of carbonyl (C=O) groups is 5. The van der Waals surface area contributed by atoms with Gasteiger partial charge >= 0.3 is 12.1 Å². The number of esters is 1. The molecule has 0 unspecified atom stereocenters. The largest absolute Gasteiger partial charge is 0.461 e. The highest BCUT2D eigenvalue weighted by molar-refractivity contribution is 6.13. The molecule has 11 heteroatoms. The van der Waals surface area contributed by atoms with Gasteiger partial charge in [0.05, 0.1) is 24.5 Å². The summed E-state index contributed by atoms with van der Waals surface area (Å²) in [5.41, 5.74) is 3.19. The summed E-state index contributed by atoms with van der Waals surface area (Å²) in [4.78, 5) is 71.2. The fraction of sp³-hybridized carbons (Fsp3) is 0.325. The molecule has 0 bridgehead atoms. The number of hydrogen-bond donors (Lipinski definition) is 1. The van der Waals surface area contributed by atoms with E-state index in [1.165, 1.54) is 23.8 Å². The second kappa shape index (κ2) is 15.0. The van der Waals surface area contributed by atoms with Gasteiger partial charge in [-0.2, -0.15) is 0 Å². The van der Waals surface area contributed by atoms with E-state index in [4.69, 9.17) is 9.47 Å². The number of nitrogens with one attached hydrogen (secondary N) is 1. The van der Waals surface area contributed by atoms with Crippen LogP contribution in [0.25, 0.3) is 10.8 Å². The number of benzene rings is 4. The number of aryl methyl sites for hydroxylation is 1. The zero-order valence-corrected chi connectivity index (χ0v) is 30.1. The van der Waals surface area contributed by atoms with Gasteiger partial charge in [0.15, 0.2) is 0 Å². The fourth-order valence-electron chi connectivity index (χ4n) is 5.91. The summed E-state index contributed by atoms with van der Waals surface area (Å²) in [6.45, 7) is 10.1. The molecule has 266 valence electrons. The molecule has 51 heavy (non-hydrogen) atoms. The molecule has 0 saturated carbocycles. The number of para-hydroxylation sites is 2. The van der Waals surface area contributed by atoms with E-state index in [1.54, 1.807) is 81.1 Å². The van der Waals surface area contributed by atoms with E-state index in [1.807, 2.05) is 43.3 Å². The first-order valence-electron chi connectivity index (χ1n) is 16.8. The van der Waals surface area contributed by atoms with Crippen LogP contribution < -0.4 is 15.1 Å². The molecule has 4 amide bonds. The molecule has 5 rings (SSSR count). The standard InChI is InChI=1S/C40H44N4O7/c1-25-16-19-29-12-8-9-13-31(29)32(25)22-43-34-14-10-11-15-35(34)44(37(47)30-20-17-28(18-21-30)24-50-27(3)45)23-33(38(43)48)41-36(46)26(2)42(7)39(49)51-40(4,5)6/h8-21,26,33H,22-24H2,1-7H3,(H,41,46)/t26-,33-/m0/s1. The molecule has 0 radical (unpaired) electrons. The number of ether oxygens (including phenoxy) is 2. The Bertz CT molecular complexity index is 1970. The average Bonchev–Trinajstić information content (AvgIpc) is 3.21. The fourth-order valence-corrected chi connectivity index (χ4v) is 5.91. The third-order valence-corrected chi connectivity index (χ3v) is 8.83. The van der Waals surface area contributed by atoms with Crippen LogP contribution in [0.5, 0.6) is 0 Å².